The minimum Gasteiger partial charge on any atom is -0.385 e. The van der Waals surface area contributed by atoms with Crippen LogP contribution in [0.5, 0.6) is 0 Å². The van der Waals surface area contributed by atoms with Crippen LogP contribution in [-0.4, -0.2) is 57.2 Å². The Hall–Kier alpha value is -0.650. The number of carbonyl (C=O) groups excluding carboxylic acids is 1. The Bertz CT molecular complexity index is 222. The third-order valence-electron chi connectivity index (χ3n) is 2.66. The summed E-state index contributed by atoms with van der Waals surface area (Å²) >= 11 is 0. The summed E-state index contributed by atoms with van der Waals surface area (Å²) in [5, 5.41) is 3.03. The van der Waals surface area contributed by atoms with Gasteiger partial charge in [0.25, 0.3) is 0 Å². The zero-order valence-electron chi connectivity index (χ0n) is 12.4. The van der Waals surface area contributed by atoms with Gasteiger partial charge in [-0.15, -0.1) is 0 Å². The maximum Gasteiger partial charge on any atom is 0.237 e. The molecule has 0 radical (unpaired) electrons. The highest BCUT2D eigenvalue weighted by atomic mass is 16.5. The number of nitrogens with one attached hydrogen (secondary N) is 1. The van der Waals surface area contributed by atoms with Crippen LogP contribution >= 0.6 is 0 Å². The average molecular weight is 259 g/mol. The van der Waals surface area contributed by atoms with Gasteiger partial charge in [0.2, 0.25) is 5.91 Å². The van der Waals surface area contributed by atoms with E-state index in [0.717, 1.165) is 13.0 Å². The largest absolute Gasteiger partial charge is 0.385 e. The molecular formula is C13H29N3O2. The molecule has 0 aromatic heterocycles. The zero-order valence-corrected chi connectivity index (χ0v) is 12.4. The number of hydrogen-bond acceptors (Lipinski definition) is 4. The highest BCUT2D eigenvalue weighted by Gasteiger charge is 2.19. The molecule has 0 aromatic rings. The molecule has 5 nitrogen and oxygen atoms in total. The summed E-state index contributed by atoms with van der Waals surface area (Å²) in [7, 11) is 5.62. The summed E-state index contributed by atoms with van der Waals surface area (Å²) in [5.41, 5.74) is 5.81. The Morgan fingerprint density at radius 1 is 1.39 bits per heavy atom. The molecule has 0 rings (SSSR count). The van der Waals surface area contributed by atoms with Crippen LogP contribution in [0, 0.1) is 5.92 Å². The van der Waals surface area contributed by atoms with Crippen LogP contribution < -0.4 is 11.1 Å². The smallest absolute Gasteiger partial charge is 0.237 e. The molecule has 0 fully saturated rings. The minimum atomic E-state index is -0.484. The van der Waals surface area contributed by atoms with Gasteiger partial charge in [-0.1, -0.05) is 13.8 Å². The SMILES string of the molecule is COCCC(N)C(=O)NC(CC(C)C)CN(C)C. The van der Waals surface area contributed by atoms with Crippen molar-refractivity contribution < 1.29 is 9.53 Å². The van der Waals surface area contributed by atoms with Gasteiger partial charge in [-0.25, -0.2) is 0 Å². The van der Waals surface area contributed by atoms with E-state index < -0.39 is 6.04 Å². The minimum absolute atomic E-state index is 0.0837. The van der Waals surface area contributed by atoms with Gasteiger partial charge in [0.1, 0.15) is 0 Å². The quantitative estimate of drug-likeness (QED) is 0.630. The number of nitrogens with zero attached hydrogens (tertiary/aromatic N) is 1. The van der Waals surface area contributed by atoms with Crippen LogP contribution in [0.3, 0.4) is 0 Å². The van der Waals surface area contributed by atoms with E-state index >= 15 is 0 Å². The number of nitrogens with two attached hydrogens (primary N) is 1. The number of ether oxygens (including phenoxy) is 1. The Labute approximate surface area is 111 Å². The number of rotatable bonds is 9. The first-order chi connectivity index (χ1) is 8.36. The maximum absolute atomic E-state index is 11.9. The summed E-state index contributed by atoms with van der Waals surface area (Å²) in [6.45, 7) is 5.65. The van der Waals surface area contributed by atoms with Crippen molar-refractivity contribution >= 4 is 5.91 Å². The topological polar surface area (TPSA) is 67.6 Å². The van der Waals surface area contributed by atoms with Crippen LogP contribution in [0.25, 0.3) is 0 Å². The summed E-state index contributed by atoms with van der Waals surface area (Å²) in [6, 6.07) is -0.331. The van der Waals surface area contributed by atoms with Crippen molar-refractivity contribution in [3.63, 3.8) is 0 Å². The van der Waals surface area contributed by atoms with E-state index in [2.05, 4.69) is 24.1 Å². The van der Waals surface area contributed by atoms with Gasteiger partial charge in [-0.3, -0.25) is 4.79 Å². The summed E-state index contributed by atoms with van der Waals surface area (Å²) in [6.07, 6.45) is 1.51. The van der Waals surface area contributed by atoms with Crippen molar-refractivity contribution in [2.45, 2.75) is 38.8 Å². The normalized spacial score (nSPS) is 14.9. The monoisotopic (exact) mass is 259 g/mol. The first-order valence-electron chi connectivity index (χ1n) is 6.56. The van der Waals surface area contributed by atoms with E-state index in [9.17, 15) is 4.79 Å². The highest BCUT2D eigenvalue weighted by Crippen LogP contribution is 2.06. The number of amides is 1. The van der Waals surface area contributed by atoms with Gasteiger partial charge in [0, 0.05) is 26.3 Å². The van der Waals surface area contributed by atoms with Crippen molar-refractivity contribution in [1.29, 1.82) is 0 Å². The molecule has 0 saturated carbocycles. The fourth-order valence-electron chi connectivity index (χ4n) is 1.87. The Balaban J connectivity index is 4.24. The van der Waals surface area contributed by atoms with E-state index in [0.29, 0.717) is 18.9 Å². The lowest BCUT2D eigenvalue weighted by molar-refractivity contribution is -0.123. The number of carbonyl (C=O) groups is 1. The number of likely N-dealkylation sites (N-methyl/N-ethyl adjacent to an activating group) is 1. The molecular weight excluding hydrogens is 230 g/mol. The third-order valence-corrected chi connectivity index (χ3v) is 2.66. The lowest BCUT2D eigenvalue weighted by Crippen LogP contribution is -2.49. The molecule has 0 spiro atoms. The lowest BCUT2D eigenvalue weighted by Gasteiger charge is -2.25. The van der Waals surface area contributed by atoms with Crippen LogP contribution in [0.2, 0.25) is 0 Å². The molecule has 3 N–H and O–H groups in total. The molecule has 2 unspecified atom stereocenters. The van der Waals surface area contributed by atoms with Crippen molar-refractivity contribution in [2.75, 3.05) is 34.4 Å². The Kier molecular flexibility index (Phi) is 8.97. The zero-order chi connectivity index (χ0) is 14.1. The molecule has 0 saturated heterocycles. The van der Waals surface area contributed by atoms with Crippen molar-refractivity contribution in [2.24, 2.45) is 11.7 Å². The van der Waals surface area contributed by atoms with E-state index in [4.69, 9.17) is 10.5 Å². The molecule has 0 heterocycles. The second-order valence-electron chi connectivity index (χ2n) is 5.49. The van der Waals surface area contributed by atoms with Gasteiger partial charge in [0.05, 0.1) is 6.04 Å². The molecule has 18 heavy (non-hydrogen) atoms. The first kappa shape index (κ1) is 17.4. The standard InChI is InChI=1S/C13H29N3O2/c1-10(2)8-11(9-16(3)4)15-13(17)12(14)6-7-18-5/h10-12H,6-9,14H2,1-5H3,(H,15,17). The van der Waals surface area contributed by atoms with E-state index in [1.807, 2.05) is 14.1 Å². The summed E-state index contributed by atoms with van der Waals surface area (Å²) in [4.78, 5) is 14.0. The molecule has 2 atom stereocenters. The average Bonchev–Trinajstić information content (AvgIpc) is 2.23. The van der Waals surface area contributed by atoms with Gasteiger partial charge in [-0.05, 0) is 32.9 Å². The number of hydrogen-bond donors (Lipinski definition) is 2. The summed E-state index contributed by atoms with van der Waals surface area (Å²) < 4.78 is 4.93. The van der Waals surface area contributed by atoms with Gasteiger partial charge < -0.3 is 20.7 Å². The van der Waals surface area contributed by atoms with Crippen LogP contribution in [0.1, 0.15) is 26.7 Å². The highest BCUT2D eigenvalue weighted by molar-refractivity contribution is 5.81. The third kappa shape index (κ3) is 8.44. The van der Waals surface area contributed by atoms with Crippen LogP contribution in [0.4, 0.5) is 0 Å². The fourth-order valence-corrected chi connectivity index (χ4v) is 1.87. The van der Waals surface area contributed by atoms with Crippen molar-refractivity contribution in [1.82, 2.24) is 10.2 Å². The predicted octanol–water partition coefficient (Wildman–Crippen LogP) is 0.443. The van der Waals surface area contributed by atoms with Crippen LogP contribution in [-0.2, 0) is 9.53 Å². The second kappa shape index (κ2) is 9.30. The van der Waals surface area contributed by atoms with E-state index in [1.54, 1.807) is 7.11 Å². The van der Waals surface area contributed by atoms with E-state index in [1.165, 1.54) is 0 Å². The summed E-state index contributed by atoms with van der Waals surface area (Å²) in [5.74, 6) is 0.463. The fraction of sp³-hybridized carbons (Fsp3) is 0.923. The first-order valence-corrected chi connectivity index (χ1v) is 6.56. The van der Waals surface area contributed by atoms with Crippen LogP contribution in [0.15, 0.2) is 0 Å². The van der Waals surface area contributed by atoms with Gasteiger partial charge >= 0.3 is 0 Å². The second-order valence-corrected chi connectivity index (χ2v) is 5.49. The van der Waals surface area contributed by atoms with Gasteiger partial charge in [-0.2, -0.15) is 0 Å². The number of methoxy groups -OCH3 is 1. The molecule has 0 aliphatic carbocycles. The predicted molar refractivity (Wildman–Crippen MR) is 74.4 cm³/mol. The molecule has 0 aromatic carbocycles. The Morgan fingerprint density at radius 3 is 2.44 bits per heavy atom. The molecule has 0 bridgehead atoms. The molecule has 0 aliphatic rings. The van der Waals surface area contributed by atoms with Crippen molar-refractivity contribution in [3.05, 3.63) is 0 Å². The molecule has 5 heteroatoms. The maximum atomic E-state index is 11.9. The molecule has 0 aliphatic heterocycles. The Morgan fingerprint density at radius 2 is 2.00 bits per heavy atom. The van der Waals surface area contributed by atoms with Crippen molar-refractivity contribution in [3.8, 4) is 0 Å². The molecule has 1 amide bonds. The molecule has 108 valence electrons. The van der Waals surface area contributed by atoms with E-state index in [-0.39, 0.29) is 11.9 Å². The lowest BCUT2D eigenvalue weighted by atomic mass is 10.0. The van der Waals surface area contributed by atoms with Gasteiger partial charge in [0.15, 0.2) is 0 Å².